The van der Waals surface area contributed by atoms with E-state index in [1.54, 1.807) is 12.0 Å². The summed E-state index contributed by atoms with van der Waals surface area (Å²) in [4.78, 5) is 25.8. The minimum absolute atomic E-state index is 0.0333. The van der Waals surface area contributed by atoms with Gasteiger partial charge < -0.3 is 19.7 Å². The molecule has 2 fully saturated rings. The summed E-state index contributed by atoms with van der Waals surface area (Å²) < 4.78 is 10.2. The van der Waals surface area contributed by atoms with Gasteiger partial charge in [-0.25, -0.2) is 4.79 Å². The van der Waals surface area contributed by atoms with Crippen LogP contribution in [0.2, 0.25) is 0 Å². The quantitative estimate of drug-likeness (QED) is 0.917. The van der Waals surface area contributed by atoms with Crippen molar-refractivity contribution in [2.45, 2.75) is 31.2 Å². The second kappa shape index (κ2) is 7.11. The number of hydrogen-bond acceptors (Lipinski definition) is 4. The first kappa shape index (κ1) is 16.6. The van der Waals surface area contributed by atoms with Crippen LogP contribution in [-0.4, -0.2) is 50.3 Å². The lowest BCUT2D eigenvalue weighted by atomic mass is 9.97. The third kappa shape index (κ3) is 3.47. The molecule has 1 saturated carbocycles. The molecule has 0 bridgehead atoms. The molecule has 1 heterocycles. The summed E-state index contributed by atoms with van der Waals surface area (Å²) in [5.74, 6) is 1.06. The molecule has 2 aliphatic rings. The highest BCUT2D eigenvalue weighted by atomic mass is 16.5. The maximum atomic E-state index is 12.5. The van der Waals surface area contributed by atoms with E-state index in [1.165, 1.54) is 7.11 Å². The van der Waals surface area contributed by atoms with Crippen molar-refractivity contribution in [2.75, 3.05) is 27.3 Å². The van der Waals surface area contributed by atoms with Gasteiger partial charge in [0.2, 0.25) is 5.91 Å². The summed E-state index contributed by atoms with van der Waals surface area (Å²) in [6.45, 7) is 1.09. The minimum atomic E-state index is -0.356. The van der Waals surface area contributed by atoms with Gasteiger partial charge in [0.25, 0.3) is 0 Å². The predicted octanol–water partition coefficient (Wildman–Crippen LogP) is 2.15. The first-order valence-corrected chi connectivity index (χ1v) is 8.40. The predicted molar refractivity (Wildman–Crippen MR) is 89.0 cm³/mol. The first-order chi connectivity index (χ1) is 11.6. The summed E-state index contributed by atoms with van der Waals surface area (Å²) in [5.41, 5.74) is 1.14. The molecule has 0 aromatic heterocycles. The van der Waals surface area contributed by atoms with Crippen LogP contribution < -0.4 is 10.1 Å². The van der Waals surface area contributed by atoms with Crippen molar-refractivity contribution in [1.29, 1.82) is 0 Å². The van der Waals surface area contributed by atoms with Crippen LogP contribution >= 0.6 is 0 Å². The molecule has 0 radical (unpaired) electrons. The molecular weight excluding hydrogens is 308 g/mol. The number of nitrogens with one attached hydrogen (secondary N) is 1. The van der Waals surface area contributed by atoms with E-state index in [4.69, 9.17) is 9.47 Å². The average molecular weight is 332 g/mol. The van der Waals surface area contributed by atoms with Gasteiger partial charge in [-0.1, -0.05) is 18.2 Å². The average Bonchev–Trinajstić information content (AvgIpc) is 3.39. The molecule has 3 atom stereocenters. The molecule has 6 heteroatoms. The summed E-state index contributed by atoms with van der Waals surface area (Å²) in [6.07, 6.45) is 2.21. The van der Waals surface area contributed by atoms with Gasteiger partial charge in [0.05, 0.1) is 20.1 Å². The Morgan fingerprint density at radius 3 is 2.79 bits per heavy atom. The normalized spacial score (nSPS) is 25.8. The number of para-hydroxylation sites is 1. The van der Waals surface area contributed by atoms with Crippen LogP contribution in [0.15, 0.2) is 24.3 Å². The van der Waals surface area contributed by atoms with Gasteiger partial charge in [-0.15, -0.1) is 0 Å². The number of likely N-dealkylation sites (tertiary alicyclic amines) is 1. The Bertz CT molecular complexity index is 619. The Kier molecular flexibility index (Phi) is 4.92. The number of piperidine rings is 1. The molecule has 0 unspecified atom stereocenters. The van der Waals surface area contributed by atoms with Crippen molar-refractivity contribution in [2.24, 2.45) is 5.92 Å². The maximum Gasteiger partial charge on any atom is 0.409 e. The molecule has 1 N–H and O–H groups in total. The molecule has 1 aliphatic carbocycles. The van der Waals surface area contributed by atoms with Crippen molar-refractivity contribution < 1.29 is 19.1 Å². The number of nitrogens with zero attached hydrogens (tertiary/aromatic N) is 1. The largest absolute Gasteiger partial charge is 0.496 e. The fourth-order valence-corrected chi connectivity index (χ4v) is 3.46. The lowest BCUT2D eigenvalue weighted by molar-refractivity contribution is -0.126. The second-order valence-corrected chi connectivity index (χ2v) is 6.45. The zero-order valence-electron chi connectivity index (χ0n) is 14.2. The van der Waals surface area contributed by atoms with Crippen molar-refractivity contribution in [3.05, 3.63) is 29.8 Å². The molecule has 130 valence electrons. The van der Waals surface area contributed by atoms with Gasteiger partial charge in [-0.05, 0) is 30.9 Å². The van der Waals surface area contributed by atoms with E-state index in [9.17, 15) is 9.59 Å². The van der Waals surface area contributed by atoms with Gasteiger partial charge in [-0.3, -0.25) is 4.79 Å². The molecule has 1 aromatic carbocycles. The van der Waals surface area contributed by atoms with Gasteiger partial charge in [0, 0.05) is 25.0 Å². The Morgan fingerprint density at radius 1 is 1.25 bits per heavy atom. The molecule has 2 amide bonds. The van der Waals surface area contributed by atoms with Crippen LogP contribution in [0.5, 0.6) is 5.75 Å². The number of methoxy groups -OCH3 is 2. The molecule has 24 heavy (non-hydrogen) atoms. The summed E-state index contributed by atoms with van der Waals surface area (Å²) >= 11 is 0. The molecule has 1 aliphatic heterocycles. The Labute approximate surface area is 142 Å². The van der Waals surface area contributed by atoms with Crippen molar-refractivity contribution in [3.63, 3.8) is 0 Å². The highest BCUT2D eigenvalue weighted by molar-refractivity contribution is 5.80. The van der Waals surface area contributed by atoms with Gasteiger partial charge in [0.15, 0.2) is 0 Å². The number of amides is 2. The van der Waals surface area contributed by atoms with Crippen LogP contribution in [0.1, 0.15) is 30.7 Å². The SMILES string of the molecule is COC(=O)N1CCC[C@H](C(=O)N[C@@H]2C[C@@H]2c2ccccc2OC)C1. The molecule has 1 aromatic rings. The number of benzene rings is 1. The third-order valence-corrected chi connectivity index (χ3v) is 4.88. The first-order valence-electron chi connectivity index (χ1n) is 8.40. The minimum Gasteiger partial charge on any atom is -0.496 e. The zero-order chi connectivity index (χ0) is 17.1. The van der Waals surface area contributed by atoms with Crippen molar-refractivity contribution in [3.8, 4) is 5.75 Å². The Balaban J connectivity index is 1.56. The topological polar surface area (TPSA) is 67.9 Å². The summed E-state index contributed by atoms with van der Waals surface area (Å²) in [7, 11) is 3.03. The fourth-order valence-electron chi connectivity index (χ4n) is 3.46. The van der Waals surface area contributed by atoms with Gasteiger partial charge >= 0.3 is 6.09 Å². The number of carbonyl (C=O) groups excluding carboxylic acids is 2. The number of ether oxygens (including phenoxy) is 2. The molecule has 0 spiro atoms. The lowest BCUT2D eigenvalue weighted by Gasteiger charge is -2.30. The highest BCUT2D eigenvalue weighted by Crippen LogP contribution is 2.44. The molecular formula is C18H24N2O4. The maximum absolute atomic E-state index is 12.5. The van der Waals surface area contributed by atoms with Crippen LogP contribution in [0, 0.1) is 5.92 Å². The third-order valence-electron chi connectivity index (χ3n) is 4.88. The Morgan fingerprint density at radius 2 is 2.04 bits per heavy atom. The van der Waals surface area contributed by atoms with Crippen LogP contribution in [-0.2, 0) is 9.53 Å². The Hall–Kier alpha value is -2.24. The van der Waals surface area contributed by atoms with E-state index >= 15 is 0 Å². The summed E-state index contributed by atoms with van der Waals surface area (Å²) in [5, 5.41) is 3.13. The van der Waals surface area contributed by atoms with Crippen LogP contribution in [0.25, 0.3) is 0 Å². The van der Waals surface area contributed by atoms with E-state index < -0.39 is 0 Å². The summed E-state index contributed by atoms with van der Waals surface area (Å²) in [6, 6.07) is 8.09. The number of rotatable bonds is 4. The monoisotopic (exact) mass is 332 g/mol. The van der Waals surface area contributed by atoms with Gasteiger partial charge in [0.1, 0.15) is 5.75 Å². The van der Waals surface area contributed by atoms with Crippen LogP contribution in [0.4, 0.5) is 4.79 Å². The standard InChI is InChI=1S/C18H24N2O4/c1-23-16-8-4-3-7-13(16)14-10-15(14)19-17(21)12-6-5-9-20(11-12)18(22)24-2/h3-4,7-8,12,14-15H,5-6,9-11H2,1-2H3,(H,19,21)/t12-,14+,15+/m0/s1. The van der Waals surface area contributed by atoms with E-state index in [0.717, 1.165) is 30.6 Å². The van der Waals surface area contributed by atoms with E-state index in [1.807, 2.05) is 18.2 Å². The van der Waals surface area contributed by atoms with E-state index in [0.29, 0.717) is 19.0 Å². The zero-order valence-corrected chi connectivity index (χ0v) is 14.2. The lowest BCUT2D eigenvalue weighted by Crippen LogP contribution is -2.46. The van der Waals surface area contributed by atoms with E-state index in [2.05, 4.69) is 11.4 Å². The number of carbonyl (C=O) groups is 2. The second-order valence-electron chi connectivity index (χ2n) is 6.45. The molecule has 1 saturated heterocycles. The van der Waals surface area contributed by atoms with Gasteiger partial charge in [-0.2, -0.15) is 0 Å². The van der Waals surface area contributed by atoms with E-state index in [-0.39, 0.29) is 24.0 Å². The van der Waals surface area contributed by atoms with Crippen molar-refractivity contribution >= 4 is 12.0 Å². The number of hydrogen-bond donors (Lipinski definition) is 1. The molecule has 6 nitrogen and oxygen atoms in total. The van der Waals surface area contributed by atoms with Crippen molar-refractivity contribution in [1.82, 2.24) is 10.2 Å². The highest BCUT2D eigenvalue weighted by Gasteiger charge is 2.42. The van der Waals surface area contributed by atoms with Crippen LogP contribution in [0.3, 0.4) is 0 Å². The fraction of sp³-hybridized carbons (Fsp3) is 0.556. The molecule has 3 rings (SSSR count). The smallest absolute Gasteiger partial charge is 0.409 e.